The number of fused-ring (bicyclic) bond motifs is 1. The Bertz CT molecular complexity index is 964. The van der Waals surface area contributed by atoms with Crippen LogP contribution in [0.3, 0.4) is 0 Å². The van der Waals surface area contributed by atoms with Gasteiger partial charge in [0.2, 0.25) is 0 Å². The van der Waals surface area contributed by atoms with Gasteiger partial charge in [0.05, 0.1) is 29.8 Å². The average Bonchev–Trinajstić information content (AvgIpc) is 3.27. The maximum absolute atomic E-state index is 13.6. The summed E-state index contributed by atoms with van der Waals surface area (Å²) in [6.45, 7) is 2.91. The summed E-state index contributed by atoms with van der Waals surface area (Å²) in [7, 11) is 0. The van der Waals surface area contributed by atoms with Crippen LogP contribution in [0.2, 0.25) is 0 Å². The number of pyridine rings is 2. The molecule has 6 heteroatoms. The van der Waals surface area contributed by atoms with Crippen LogP contribution in [-0.4, -0.2) is 39.7 Å². The molecule has 0 aromatic carbocycles. The number of imidazole rings is 1. The molecule has 0 saturated carbocycles. The van der Waals surface area contributed by atoms with Crippen LogP contribution in [0, 0.1) is 11.7 Å². The molecule has 2 fully saturated rings. The summed E-state index contributed by atoms with van der Waals surface area (Å²) >= 11 is 0. The van der Waals surface area contributed by atoms with Crippen molar-refractivity contribution in [1.82, 2.24) is 19.7 Å². The summed E-state index contributed by atoms with van der Waals surface area (Å²) in [5, 5.41) is 3.41. The summed E-state index contributed by atoms with van der Waals surface area (Å²) in [4.78, 5) is 9.20. The Morgan fingerprint density at radius 1 is 1.22 bits per heavy atom. The van der Waals surface area contributed by atoms with E-state index in [-0.39, 0.29) is 11.4 Å². The van der Waals surface area contributed by atoms with Gasteiger partial charge in [-0.25, -0.2) is 9.37 Å². The van der Waals surface area contributed by atoms with Gasteiger partial charge in [-0.15, -0.1) is 0 Å². The van der Waals surface area contributed by atoms with Gasteiger partial charge < -0.3 is 10.1 Å². The van der Waals surface area contributed by atoms with E-state index < -0.39 is 0 Å². The third kappa shape index (κ3) is 3.24. The van der Waals surface area contributed by atoms with Gasteiger partial charge in [-0.2, -0.15) is 0 Å². The topological polar surface area (TPSA) is 51.5 Å². The largest absolute Gasteiger partial charge is 0.375 e. The lowest BCUT2D eigenvalue weighted by molar-refractivity contribution is -0.0196. The first-order valence-corrected chi connectivity index (χ1v) is 9.64. The van der Waals surface area contributed by atoms with Crippen LogP contribution in [0.15, 0.2) is 42.7 Å². The molecule has 0 bridgehead atoms. The molecule has 140 valence electrons. The number of nitrogens with one attached hydrogen (secondary N) is 1. The van der Waals surface area contributed by atoms with E-state index in [0.29, 0.717) is 5.92 Å². The van der Waals surface area contributed by atoms with Crippen molar-refractivity contribution in [1.29, 1.82) is 0 Å². The minimum atomic E-state index is -0.284. The monoisotopic (exact) mass is 366 g/mol. The number of aromatic nitrogens is 3. The highest BCUT2D eigenvalue weighted by Crippen LogP contribution is 2.38. The quantitative estimate of drug-likeness (QED) is 0.773. The molecule has 27 heavy (non-hydrogen) atoms. The van der Waals surface area contributed by atoms with E-state index in [0.717, 1.165) is 68.1 Å². The van der Waals surface area contributed by atoms with Gasteiger partial charge in [-0.3, -0.25) is 9.38 Å². The standard InChI is InChI=1S/C21H23FN4O/c22-16-4-5-20-24-12-19(26(20)13-16)18-3-1-2-17(25-18)10-15-11-21(27-14-15)6-8-23-9-7-21/h1-5,12-13,15,23H,6-11,14H2/t15-/m1/s1. The highest BCUT2D eigenvalue weighted by atomic mass is 19.1. The highest BCUT2D eigenvalue weighted by molar-refractivity contribution is 5.60. The Morgan fingerprint density at radius 3 is 3.00 bits per heavy atom. The van der Waals surface area contributed by atoms with Crippen molar-refractivity contribution in [3.63, 3.8) is 0 Å². The van der Waals surface area contributed by atoms with Gasteiger partial charge in [-0.1, -0.05) is 6.07 Å². The zero-order valence-corrected chi connectivity index (χ0v) is 15.2. The molecule has 0 unspecified atom stereocenters. The summed E-state index contributed by atoms with van der Waals surface area (Å²) < 4.78 is 21.6. The van der Waals surface area contributed by atoms with Crippen LogP contribution >= 0.6 is 0 Å². The Morgan fingerprint density at radius 2 is 2.11 bits per heavy atom. The first kappa shape index (κ1) is 16.8. The van der Waals surface area contributed by atoms with Crippen LogP contribution in [0.25, 0.3) is 17.0 Å². The van der Waals surface area contributed by atoms with Gasteiger partial charge in [-0.05, 0) is 69.0 Å². The third-order valence-corrected chi connectivity index (χ3v) is 5.84. The van der Waals surface area contributed by atoms with Crippen molar-refractivity contribution in [3.05, 3.63) is 54.2 Å². The molecule has 2 aliphatic rings. The van der Waals surface area contributed by atoms with Crippen molar-refractivity contribution in [2.75, 3.05) is 19.7 Å². The van der Waals surface area contributed by atoms with E-state index >= 15 is 0 Å². The van der Waals surface area contributed by atoms with Gasteiger partial charge in [0.15, 0.2) is 0 Å². The number of piperidine rings is 1. The number of nitrogens with zero attached hydrogens (tertiary/aromatic N) is 3. The number of hydrogen-bond donors (Lipinski definition) is 1. The molecule has 3 aromatic heterocycles. The first-order chi connectivity index (χ1) is 13.2. The minimum Gasteiger partial charge on any atom is -0.375 e. The van der Waals surface area contributed by atoms with E-state index in [1.807, 2.05) is 12.1 Å². The van der Waals surface area contributed by atoms with E-state index in [4.69, 9.17) is 9.72 Å². The van der Waals surface area contributed by atoms with E-state index in [9.17, 15) is 4.39 Å². The molecule has 2 saturated heterocycles. The van der Waals surface area contributed by atoms with E-state index in [1.54, 1.807) is 16.7 Å². The van der Waals surface area contributed by atoms with E-state index in [2.05, 4.69) is 16.4 Å². The molecule has 3 aromatic rings. The van der Waals surface area contributed by atoms with Gasteiger partial charge in [0, 0.05) is 11.9 Å². The fraction of sp³-hybridized carbons (Fsp3) is 0.429. The number of halogens is 1. The van der Waals surface area contributed by atoms with Gasteiger partial charge in [0.1, 0.15) is 11.5 Å². The van der Waals surface area contributed by atoms with E-state index in [1.165, 1.54) is 12.3 Å². The molecular formula is C21H23FN4O. The molecule has 5 nitrogen and oxygen atoms in total. The van der Waals surface area contributed by atoms with Crippen LogP contribution in [0.4, 0.5) is 4.39 Å². The Labute approximate surface area is 157 Å². The summed E-state index contributed by atoms with van der Waals surface area (Å²) in [6, 6.07) is 9.15. The second-order valence-electron chi connectivity index (χ2n) is 7.75. The lowest BCUT2D eigenvalue weighted by Crippen LogP contribution is -2.41. The van der Waals surface area contributed by atoms with Gasteiger partial charge in [0.25, 0.3) is 0 Å². The molecule has 5 heterocycles. The first-order valence-electron chi connectivity index (χ1n) is 9.64. The van der Waals surface area contributed by atoms with Crippen molar-refractivity contribution in [2.24, 2.45) is 5.92 Å². The fourth-order valence-corrected chi connectivity index (χ4v) is 4.48. The van der Waals surface area contributed by atoms with Crippen LogP contribution in [0.5, 0.6) is 0 Å². The highest BCUT2D eigenvalue weighted by Gasteiger charge is 2.41. The predicted octanol–water partition coefficient (Wildman–Crippen LogP) is 3.24. The smallest absolute Gasteiger partial charge is 0.139 e. The molecule has 5 rings (SSSR count). The molecular weight excluding hydrogens is 343 g/mol. The predicted molar refractivity (Wildman–Crippen MR) is 101 cm³/mol. The normalized spacial score (nSPS) is 21.9. The number of hydrogen-bond acceptors (Lipinski definition) is 4. The van der Waals surface area contributed by atoms with Crippen LogP contribution in [-0.2, 0) is 11.2 Å². The second kappa shape index (κ2) is 6.69. The molecule has 0 amide bonds. The van der Waals surface area contributed by atoms with Crippen molar-refractivity contribution in [3.8, 4) is 11.4 Å². The van der Waals surface area contributed by atoms with Crippen molar-refractivity contribution < 1.29 is 9.13 Å². The second-order valence-corrected chi connectivity index (χ2v) is 7.75. The molecule has 1 N–H and O–H groups in total. The van der Waals surface area contributed by atoms with Crippen LogP contribution in [0.1, 0.15) is 25.0 Å². The van der Waals surface area contributed by atoms with Crippen molar-refractivity contribution >= 4 is 5.65 Å². The maximum atomic E-state index is 13.6. The lowest BCUT2D eigenvalue weighted by Gasteiger charge is -2.33. The van der Waals surface area contributed by atoms with Crippen molar-refractivity contribution in [2.45, 2.75) is 31.3 Å². The molecule has 0 aliphatic carbocycles. The summed E-state index contributed by atoms with van der Waals surface area (Å²) in [5.41, 5.74) is 3.48. The van der Waals surface area contributed by atoms with Crippen LogP contribution < -0.4 is 5.32 Å². The Balaban J connectivity index is 1.37. The summed E-state index contributed by atoms with van der Waals surface area (Å²) in [5.74, 6) is 0.221. The lowest BCUT2D eigenvalue weighted by atomic mass is 9.85. The van der Waals surface area contributed by atoms with Gasteiger partial charge >= 0.3 is 0 Å². The number of ether oxygens (including phenoxy) is 1. The molecule has 1 spiro atoms. The zero-order chi connectivity index (χ0) is 18.3. The SMILES string of the molecule is Fc1ccc2ncc(-c3cccc(C[C@H]4COC5(CCNCC5)C4)n3)n2c1. The molecule has 1 atom stereocenters. The average molecular weight is 366 g/mol. The fourth-order valence-electron chi connectivity index (χ4n) is 4.48. The molecule has 2 aliphatic heterocycles. The Kier molecular flexibility index (Phi) is 4.17. The Hall–Kier alpha value is -2.31. The minimum absolute atomic E-state index is 0.0761. The third-order valence-electron chi connectivity index (χ3n) is 5.84. The molecule has 0 radical (unpaired) electrons. The zero-order valence-electron chi connectivity index (χ0n) is 15.2. The maximum Gasteiger partial charge on any atom is 0.139 e. The number of rotatable bonds is 3. The summed E-state index contributed by atoms with van der Waals surface area (Å²) in [6.07, 6.45) is 7.44.